The van der Waals surface area contributed by atoms with Gasteiger partial charge in [0.05, 0.1) is 4.90 Å². The Labute approximate surface area is 107 Å². The second kappa shape index (κ2) is 4.95. The Kier molecular flexibility index (Phi) is 3.70. The van der Waals surface area contributed by atoms with Gasteiger partial charge < -0.3 is 5.73 Å². The fourth-order valence-corrected chi connectivity index (χ4v) is 4.27. The monoisotopic (exact) mass is 272 g/mol. The topological polar surface area (TPSA) is 63.4 Å². The summed E-state index contributed by atoms with van der Waals surface area (Å²) >= 11 is 0. The van der Waals surface area contributed by atoms with Gasteiger partial charge in [0.25, 0.3) is 0 Å². The van der Waals surface area contributed by atoms with Crippen molar-refractivity contribution in [3.8, 4) is 0 Å². The quantitative estimate of drug-likeness (QED) is 0.906. The largest absolute Gasteiger partial charge is 0.326 e. The molecule has 18 heavy (non-hydrogen) atoms. The van der Waals surface area contributed by atoms with Crippen molar-refractivity contribution in [3.05, 3.63) is 29.6 Å². The fraction of sp³-hybridized carbons (Fsp3) is 0.500. The molecule has 1 atom stereocenters. The van der Waals surface area contributed by atoms with Gasteiger partial charge in [-0.2, -0.15) is 4.31 Å². The molecule has 0 spiro atoms. The first-order valence-electron chi connectivity index (χ1n) is 5.97. The molecular formula is C12H17FN2O2S. The molecule has 1 aromatic rings. The highest BCUT2D eigenvalue weighted by Crippen LogP contribution is 2.28. The van der Waals surface area contributed by atoms with Gasteiger partial charge in [-0.3, -0.25) is 0 Å². The van der Waals surface area contributed by atoms with Crippen molar-refractivity contribution < 1.29 is 12.8 Å². The van der Waals surface area contributed by atoms with Gasteiger partial charge in [0.15, 0.2) is 0 Å². The van der Waals surface area contributed by atoms with Gasteiger partial charge in [-0.1, -0.05) is 6.07 Å². The van der Waals surface area contributed by atoms with Crippen LogP contribution in [0.3, 0.4) is 0 Å². The maximum Gasteiger partial charge on any atom is 0.243 e. The minimum absolute atomic E-state index is 0.00116. The number of halogens is 1. The Bertz CT molecular complexity index is 545. The van der Waals surface area contributed by atoms with Gasteiger partial charge in [0.1, 0.15) is 5.82 Å². The molecule has 1 heterocycles. The summed E-state index contributed by atoms with van der Waals surface area (Å²) in [5.74, 6) is -0.558. The summed E-state index contributed by atoms with van der Waals surface area (Å²) in [5.41, 5.74) is 5.98. The van der Waals surface area contributed by atoms with Crippen LogP contribution in [0.1, 0.15) is 25.3 Å². The van der Waals surface area contributed by atoms with E-state index in [0.717, 1.165) is 18.9 Å². The first kappa shape index (κ1) is 13.5. The van der Waals surface area contributed by atoms with Crippen LogP contribution in [-0.4, -0.2) is 25.3 Å². The lowest BCUT2D eigenvalue weighted by Crippen LogP contribution is -2.34. The summed E-state index contributed by atoms with van der Waals surface area (Å²) < 4.78 is 39.7. The summed E-state index contributed by atoms with van der Waals surface area (Å²) in [6.45, 7) is 2.44. The van der Waals surface area contributed by atoms with Crippen LogP contribution in [-0.2, 0) is 16.6 Å². The number of sulfonamides is 1. The molecule has 0 aromatic heterocycles. The average Bonchev–Trinajstić information content (AvgIpc) is 2.76. The molecule has 6 heteroatoms. The van der Waals surface area contributed by atoms with Crippen LogP contribution in [0.5, 0.6) is 0 Å². The molecule has 1 saturated heterocycles. The number of benzene rings is 1. The Balaban J connectivity index is 2.49. The van der Waals surface area contributed by atoms with Gasteiger partial charge in [-0.05, 0) is 37.5 Å². The lowest BCUT2D eigenvalue weighted by atomic mass is 10.2. The molecule has 0 saturated carbocycles. The third-order valence-electron chi connectivity index (χ3n) is 3.33. The Hall–Kier alpha value is -0.980. The van der Waals surface area contributed by atoms with Crippen LogP contribution in [0.25, 0.3) is 0 Å². The SMILES string of the molecule is CC1CCCN1S(=O)(=O)c1cc(F)ccc1CN. The zero-order chi connectivity index (χ0) is 13.3. The number of hydrogen-bond donors (Lipinski definition) is 1. The zero-order valence-electron chi connectivity index (χ0n) is 10.3. The van der Waals surface area contributed by atoms with Crippen LogP contribution < -0.4 is 5.73 Å². The lowest BCUT2D eigenvalue weighted by Gasteiger charge is -2.22. The Morgan fingerprint density at radius 3 is 2.78 bits per heavy atom. The smallest absolute Gasteiger partial charge is 0.243 e. The predicted octanol–water partition coefficient (Wildman–Crippen LogP) is 1.46. The molecule has 1 aromatic carbocycles. The number of hydrogen-bond acceptors (Lipinski definition) is 3. The third-order valence-corrected chi connectivity index (χ3v) is 5.42. The Morgan fingerprint density at radius 1 is 1.50 bits per heavy atom. The van der Waals surface area contributed by atoms with E-state index in [9.17, 15) is 12.8 Å². The van der Waals surface area contributed by atoms with Crippen molar-refractivity contribution in [3.63, 3.8) is 0 Å². The van der Waals surface area contributed by atoms with E-state index in [2.05, 4.69) is 0 Å². The summed E-state index contributed by atoms with van der Waals surface area (Å²) in [5, 5.41) is 0. The summed E-state index contributed by atoms with van der Waals surface area (Å²) in [4.78, 5) is -0.00116. The third kappa shape index (κ3) is 2.28. The molecule has 0 bridgehead atoms. The van der Waals surface area contributed by atoms with Gasteiger partial charge in [-0.15, -0.1) is 0 Å². The molecule has 0 radical (unpaired) electrons. The van der Waals surface area contributed by atoms with E-state index < -0.39 is 15.8 Å². The van der Waals surface area contributed by atoms with Gasteiger partial charge in [-0.25, -0.2) is 12.8 Å². The van der Waals surface area contributed by atoms with Crippen molar-refractivity contribution in [1.82, 2.24) is 4.31 Å². The summed E-state index contributed by atoms with van der Waals surface area (Å²) in [7, 11) is -3.64. The Morgan fingerprint density at radius 2 is 2.22 bits per heavy atom. The first-order valence-corrected chi connectivity index (χ1v) is 7.41. The molecule has 0 amide bonds. The predicted molar refractivity (Wildman–Crippen MR) is 66.9 cm³/mol. The van der Waals surface area contributed by atoms with Crippen LogP contribution in [0, 0.1) is 5.82 Å². The second-order valence-corrected chi connectivity index (χ2v) is 6.42. The molecule has 1 fully saturated rings. The lowest BCUT2D eigenvalue weighted by molar-refractivity contribution is 0.407. The first-order chi connectivity index (χ1) is 8.46. The zero-order valence-corrected chi connectivity index (χ0v) is 11.1. The van der Waals surface area contributed by atoms with Crippen molar-refractivity contribution in [2.24, 2.45) is 5.73 Å². The van der Waals surface area contributed by atoms with E-state index in [1.165, 1.54) is 16.4 Å². The minimum atomic E-state index is -3.64. The fourth-order valence-electron chi connectivity index (χ4n) is 2.33. The maximum absolute atomic E-state index is 13.3. The van der Waals surface area contributed by atoms with Gasteiger partial charge in [0.2, 0.25) is 10.0 Å². The highest BCUT2D eigenvalue weighted by molar-refractivity contribution is 7.89. The van der Waals surface area contributed by atoms with Crippen LogP contribution in [0.15, 0.2) is 23.1 Å². The number of nitrogens with zero attached hydrogens (tertiary/aromatic N) is 1. The van der Waals surface area contributed by atoms with E-state index >= 15 is 0 Å². The molecule has 1 aliphatic rings. The summed E-state index contributed by atoms with van der Waals surface area (Å²) in [6.07, 6.45) is 1.68. The second-order valence-electron chi connectivity index (χ2n) is 4.56. The maximum atomic E-state index is 13.3. The van der Waals surface area contributed by atoms with E-state index in [1.807, 2.05) is 6.92 Å². The molecule has 2 rings (SSSR count). The van der Waals surface area contributed by atoms with Crippen molar-refractivity contribution in [2.75, 3.05) is 6.54 Å². The molecule has 0 aliphatic carbocycles. The van der Waals surface area contributed by atoms with E-state index in [-0.39, 0.29) is 17.5 Å². The van der Waals surface area contributed by atoms with Gasteiger partial charge >= 0.3 is 0 Å². The molecule has 1 aliphatic heterocycles. The normalized spacial score (nSPS) is 21.4. The van der Waals surface area contributed by atoms with E-state index in [0.29, 0.717) is 12.1 Å². The van der Waals surface area contributed by atoms with Crippen LogP contribution in [0.2, 0.25) is 0 Å². The molecule has 1 unspecified atom stereocenters. The van der Waals surface area contributed by atoms with Crippen molar-refractivity contribution in [1.29, 1.82) is 0 Å². The van der Waals surface area contributed by atoms with Crippen LogP contribution in [0.4, 0.5) is 4.39 Å². The molecule has 100 valence electrons. The number of rotatable bonds is 3. The molecule has 2 N–H and O–H groups in total. The minimum Gasteiger partial charge on any atom is -0.326 e. The van der Waals surface area contributed by atoms with Crippen molar-refractivity contribution in [2.45, 2.75) is 37.2 Å². The molecular weight excluding hydrogens is 255 g/mol. The van der Waals surface area contributed by atoms with Gasteiger partial charge in [0, 0.05) is 19.1 Å². The standard InChI is InChI=1S/C12H17FN2O2S/c1-9-3-2-6-15(9)18(16,17)12-7-11(13)5-4-10(12)8-14/h4-5,7,9H,2-3,6,8,14H2,1H3. The van der Waals surface area contributed by atoms with E-state index in [4.69, 9.17) is 5.73 Å². The van der Waals surface area contributed by atoms with Crippen molar-refractivity contribution >= 4 is 10.0 Å². The number of nitrogens with two attached hydrogens (primary N) is 1. The summed E-state index contributed by atoms with van der Waals surface area (Å²) in [6, 6.07) is 3.68. The highest BCUT2D eigenvalue weighted by Gasteiger charge is 2.33. The van der Waals surface area contributed by atoms with E-state index in [1.54, 1.807) is 0 Å². The average molecular weight is 272 g/mol. The van der Waals surface area contributed by atoms with Crippen LogP contribution >= 0.6 is 0 Å². The molecule has 4 nitrogen and oxygen atoms in total. The highest BCUT2D eigenvalue weighted by atomic mass is 32.2.